The van der Waals surface area contributed by atoms with Crippen molar-refractivity contribution in [1.82, 2.24) is 4.98 Å². The van der Waals surface area contributed by atoms with Crippen LogP contribution in [0.25, 0.3) is 0 Å². The molecule has 0 bridgehead atoms. The van der Waals surface area contributed by atoms with E-state index in [0.29, 0.717) is 16.2 Å². The number of hydrogen-bond acceptors (Lipinski definition) is 3. The summed E-state index contributed by atoms with van der Waals surface area (Å²) >= 11 is 3.17. The number of halogens is 4. The van der Waals surface area contributed by atoms with Crippen molar-refractivity contribution in [1.29, 1.82) is 0 Å². The number of nitrogens with one attached hydrogen (secondary N) is 1. The third-order valence-corrected chi connectivity index (χ3v) is 2.80. The lowest BCUT2D eigenvalue weighted by atomic mass is 10.2. The van der Waals surface area contributed by atoms with Gasteiger partial charge >= 0.3 is 0 Å². The van der Waals surface area contributed by atoms with Crippen LogP contribution in [0.3, 0.4) is 0 Å². The number of pyridine rings is 1. The summed E-state index contributed by atoms with van der Waals surface area (Å²) in [6, 6.07) is 1.18. The molecule has 1 aromatic carbocycles. The van der Waals surface area contributed by atoms with E-state index < -0.39 is 17.5 Å². The summed E-state index contributed by atoms with van der Waals surface area (Å²) in [6.07, 6.45) is 2.79. The zero-order valence-corrected chi connectivity index (χ0v) is 10.4. The zero-order valence-electron chi connectivity index (χ0n) is 8.85. The Bertz CT molecular complexity index is 584. The molecule has 18 heavy (non-hydrogen) atoms. The summed E-state index contributed by atoms with van der Waals surface area (Å²) in [5.41, 5.74) is 6.00. The summed E-state index contributed by atoms with van der Waals surface area (Å²) < 4.78 is 39.7. The molecule has 1 heterocycles. The van der Waals surface area contributed by atoms with Crippen molar-refractivity contribution in [2.24, 2.45) is 0 Å². The first-order chi connectivity index (χ1) is 8.49. The van der Waals surface area contributed by atoms with E-state index in [-0.39, 0.29) is 11.4 Å². The lowest BCUT2D eigenvalue weighted by Crippen LogP contribution is -2.01. The fourth-order valence-corrected chi connectivity index (χ4v) is 1.78. The summed E-state index contributed by atoms with van der Waals surface area (Å²) in [4.78, 5) is 3.80. The molecule has 0 saturated heterocycles. The molecule has 7 heteroatoms. The maximum absolute atomic E-state index is 13.4. The van der Waals surface area contributed by atoms with Crippen LogP contribution in [-0.2, 0) is 0 Å². The van der Waals surface area contributed by atoms with Gasteiger partial charge in [-0.2, -0.15) is 0 Å². The lowest BCUT2D eigenvalue weighted by Gasteiger charge is -2.11. The third kappa shape index (κ3) is 2.40. The van der Waals surface area contributed by atoms with Crippen molar-refractivity contribution in [2.75, 3.05) is 11.1 Å². The van der Waals surface area contributed by atoms with Gasteiger partial charge in [-0.25, -0.2) is 13.2 Å². The molecular weight excluding hydrogens is 311 g/mol. The first kappa shape index (κ1) is 12.7. The topological polar surface area (TPSA) is 50.9 Å². The van der Waals surface area contributed by atoms with Crippen molar-refractivity contribution in [3.8, 4) is 0 Å². The van der Waals surface area contributed by atoms with Gasteiger partial charge in [0.25, 0.3) is 0 Å². The second-order valence-electron chi connectivity index (χ2n) is 3.46. The highest BCUT2D eigenvalue weighted by atomic mass is 79.9. The molecule has 0 aliphatic heterocycles. The first-order valence-electron chi connectivity index (χ1n) is 4.79. The highest BCUT2D eigenvalue weighted by Gasteiger charge is 2.12. The van der Waals surface area contributed by atoms with Crippen LogP contribution in [0.4, 0.5) is 30.2 Å². The minimum Gasteiger partial charge on any atom is -0.396 e. The van der Waals surface area contributed by atoms with Gasteiger partial charge in [0.05, 0.1) is 27.7 Å². The molecule has 0 unspecified atom stereocenters. The van der Waals surface area contributed by atoms with E-state index in [0.717, 1.165) is 6.07 Å². The Morgan fingerprint density at radius 1 is 1.06 bits per heavy atom. The average molecular weight is 318 g/mol. The Hall–Kier alpha value is -1.76. The van der Waals surface area contributed by atoms with Crippen molar-refractivity contribution in [3.05, 3.63) is 46.5 Å². The quantitative estimate of drug-likeness (QED) is 0.832. The molecule has 0 spiro atoms. The normalized spacial score (nSPS) is 10.4. The Kier molecular flexibility index (Phi) is 3.42. The highest BCUT2D eigenvalue weighted by molar-refractivity contribution is 9.10. The smallest absolute Gasteiger partial charge is 0.161 e. The van der Waals surface area contributed by atoms with E-state index in [2.05, 4.69) is 26.2 Å². The summed E-state index contributed by atoms with van der Waals surface area (Å²) in [6.45, 7) is 0. The van der Waals surface area contributed by atoms with Gasteiger partial charge in [-0.05, 0) is 15.9 Å². The third-order valence-electron chi connectivity index (χ3n) is 2.20. The summed E-state index contributed by atoms with van der Waals surface area (Å²) in [5.74, 6) is -3.32. The second-order valence-corrected chi connectivity index (χ2v) is 4.31. The monoisotopic (exact) mass is 317 g/mol. The standard InChI is InChI=1S/C11H7BrF3N3/c12-5-3-17-4-9(16)11(5)18-10-2-7(14)6(13)1-8(10)15/h1-4H,16H2,(H,17,18). The van der Waals surface area contributed by atoms with Crippen molar-refractivity contribution in [3.63, 3.8) is 0 Å². The molecular formula is C11H7BrF3N3. The molecule has 3 nitrogen and oxygen atoms in total. The van der Waals surface area contributed by atoms with E-state index in [1.165, 1.54) is 12.4 Å². The minimum atomic E-state index is -1.25. The molecule has 0 fully saturated rings. The van der Waals surface area contributed by atoms with Crippen molar-refractivity contribution < 1.29 is 13.2 Å². The maximum Gasteiger partial charge on any atom is 0.161 e. The van der Waals surface area contributed by atoms with Crippen LogP contribution in [0.2, 0.25) is 0 Å². The number of nitrogen functional groups attached to an aromatic ring is 1. The van der Waals surface area contributed by atoms with Gasteiger partial charge in [0.15, 0.2) is 11.6 Å². The van der Waals surface area contributed by atoms with E-state index in [4.69, 9.17) is 5.73 Å². The van der Waals surface area contributed by atoms with Gasteiger partial charge in [-0.3, -0.25) is 4.98 Å². The van der Waals surface area contributed by atoms with Crippen LogP contribution in [-0.4, -0.2) is 4.98 Å². The van der Waals surface area contributed by atoms with E-state index in [9.17, 15) is 13.2 Å². The Morgan fingerprint density at radius 3 is 2.39 bits per heavy atom. The number of hydrogen-bond donors (Lipinski definition) is 2. The Labute approximate surface area is 109 Å². The van der Waals surface area contributed by atoms with Gasteiger partial charge in [0.1, 0.15) is 5.82 Å². The molecule has 1 aromatic heterocycles. The van der Waals surface area contributed by atoms with Gasteiger partial charge in [-0.1, -0.05) is 0 Å². The van der Waals surface area contributed by atoms with E-state index in [1.54, 1.807) is 0 Å². The highest BCUT2D eigenvalue weighted by Crippen LogP contribution is 2.31. The molecule has 0 amide bonds. The SMILES string of the molecule is Nc1cncc(Br)c1Nc1cc(F)c(F)cc1F. The number of aromatic nitrogens is 1. The molecule has 0 saturated carbocycles. The summed E-state index contributed by atoms with van der Waals surface area (Å²) in [7, 11) is 0. The van der Waals surface area contributed by atoms with Gasteiger partial charge in [0.2, 0.25) is 0 Å². The van der Waals surface area contributed by atoms with E-state index >= 15 is 0 Å². The predicted octanol–water partition coefficient (Wildman–Crippen LogP) is 3.59. The van der Waals surface area contributed by atoms with Crippen LogP contribution >= 0.6 is 15.9 Å². The number of benzene rings is 1. The van der Waals surface area contributed by atoms with Gasteiger partial charge in [0, 0.05) is 18.3 Å². The minimum absolute atomic E-state index is 0.215. The molecule has 0 radical (unpaired) electrons. The number of anilines is 3. The first-order valence-corrected chi connectivity index (χ1v) is 5.59. The average Bonchev–Trinajstić information content (AvgIpc) is 2.30. The molecule has 2 rings (SSSR count). The second kappa shape index (κ2) is 4.85. The van der Waals surface area contributed by atoms with Crippen LogP contribution < -0.4 is 11.1 Å². The molecule has 0 aliphatic rings. The Morgan fingerprint density at radius 2 is 1.72 bits per heavy atom. The molecule has 3 N–H and O–H groups in total. The van der Waals surface area contributed by atoms with E-state index in [1.807, 2.05) is 0 Å². The van der Waals surface area contributed by atoms with Crippen LogP contribution in [0.5, 0.6) is 0 Å². The number of nitrogens with two attached hydrogens (primary N) is 1. The predicted molar refractivity (Wildman–Crippen MR) is 65.9 cm³/mol. The largest absolute Gasteiger partial charge is 0.396 e. The van der Waals surface area contributed by atoms with Crippen LogP contribution in [0, 0.1) is 17.5 Å². The fraction of sp³-hybridized carbons (Fsp3) is 0. The Balaban J connectivity index is 2.43. The molecule has 2 aromatic rings. The van der Waals surface area contributed by atoms with Gasteiger partial charge in [-0.15, -0.1) is 0 Å². The van der Waals surface area contributed by atoms with Crippen LogP contribution in [0.15, 0.2) is 29.0 Å². The number of nitrogens with zero attached hydrogens (tertiary/aromatic N) is 1. The van der Waals surface area contributed by atoms with Crippen LogP contribution in [0.1, 0.15) is 0 Å². The van der Waals surface area contributed by atoms with Gasteiger partial charge < -0.3 is 11.1 Å². The molecule has 94 valence electrons. The fourth-order valence-electron chi connectivity index (χ4n) is 1.33. The lowest BCUT2D eigenvalue weighted by molar-refractivity contribution is 0.496. The van der Waals surface area contributed by atoms with Crippen molar-refractivity contribution in [2.45, 2.75) is 0 Å². The maximum atomic E-state index is 13.4. The summed E-state index contributed by atoms with van der Waals surface area (Å²) in [5, 5.41) is 2.58. The van der Waals surface area contributed by atoms with Crippen molar-refractivity contribution >= 4 is 33.0 Å². The molecule has 0 atom stereocenters. The molecule has 0 aliphatic carbocycles. The zero-order chi connectivity index (χ0) is 13.3. The number of rotatable bonds is 2.